The van der Waals surface area contributed by atoms with Crippen LogP contribution in [0.4, 0.5) is 0 Å². The van der Waals surface area contributed by atoms with Crippen LogP contribution >= 0.6 is 12.4 Å². The second-order valence-electron chi connectivity index (χ2n) is 3.86. The molecule has 0 radical (unpaired) electrons. The van der Waals surface area contributed by atoms with Gasteiger partial charge in [-0.05, 0) is 19.3 Å². The molecule has 1 aliphatic rings. The average Bonchev–Trinajstić information content (AvgIpc) is 2.18. The highest BCUT2D eigenvalue weighted by Crippen LogP contribution is 2.17. The van der Waals surface area contributed by atoms with Crippen LogP contribution in [0.1, 0.15) is 45.4 Å². The van der Waals surface area contributed by atoms with Gasteiger partial charge in [0.1, 0.15) is 0 Å². The summed E-state index contributed by atoms with van der Waals surface area (Å²) in [5.74, 6) is 0.0226. The molecule has 1 rings (SSSR count). The molecule has 0 saturated heterocycles. The largest absolute Gasteiger partial charge is 0.352 e. The van der Waals surface area contributed by atoms with Crippen molar-refractivity contribution in [2.75, 3.05) is 0 Å². The minimum Gasteiger partial charge on any atom is -0.352 e. The molecule has 0 bridgehead atoms. The predicted molar refractivity (Wildman–Crippen MR) is 60.5 cm³/mol. The van der Waals surface area contributed by atoms with Gasteiger partial charge < -0.3 is 11.1 Å². The van der Waals surface area contributed by atoms with Crippen molar-refractivity contribution in [3.63, 3.8) is 0 Å². The molecule has 0 aromatic carbocycles. The third kappa shape index (κ3) is 4.29. The summed E-state index contributed by atoms with van der Waals surface area (Å²) in [5, 5.41) is 3.01. The van der Waals surface area contributed by atoms with Crippen LogP contribution in [0.3, 0.4) is 0 Å². The lowest BCUT2D eigenvalue weighted by molar-refractivity contribution is -0.123. The molecule has 1 amide bonds. The molecule has 3 N–H and O–H groups in total. The van der Waals surface area contributed by atoms with Gasteiger partial charge in [0.05, 0.1) is 6.04 Å². The molecule has 14 heavy (non-hydrogen) atoms. The Morgan fingerprint density at radius 2 is 2.00 bits per heavy atom. The normalized spacial score (nSPS) is 19.6. The van der Waals surface area contributed by atoms with Crippen molar-refractivity contribution in [3.8, 4) is 0 Å². The number of hydrogen-bond donors (Lipinski definition) is 2. The summed E-state index contributed by atoms with van der Waals surface area (Å²) in [5.41, 5.74) is 5.62. The molecule has 1 aliphatic carbocycles. The third-order valence-electron chi connectivity index (χ3n) is 2.73. The molecule has 1 saturated carbocycles. The number of nitrogens with one attached hydrogen (secondary N) is 1. The fourth-order valence-electron chi connectivity index (χ4n) is 1.74. The lowest BCUT2D eigenvalue weighted by atomic mass is 9.95. The second-order valence-corrected chi connectivity index (χ2v) is 3.86. The van der Waals surface area contributed by atoms with E-state index in [0.717, 1.165) is 19.3 Å². The first-order valence-electron chi connectivity index (χ1n) is 5.30. The Morgan fingerprint density at radius 1 is 1.43 bits per heavy atom. The lowest BCUT2D eigenvalue weighted by Crippen LogP contribution is -2.45. The maximum atomic E-state index is 11.4. The zero-order valence-electron chi connectivity index (χ0n) is 8.79. The lowest BCUT2D eigenvalue weighted by Gasteiger charge is -2.24. The third-order valence-corrected chi connectivity index (χ3v) is 2.73. The van der Waals surface area contributed by atoms with Crippen LogP contribution in [0.2, 0.25) is 0 Å². The van der Waals surface area contributed by atoms with Gasteiger partial charge in [-0.3, -0.25) is 4.79 Å². The van der Waals surface area contributed by atoms with E-state index in [4.69, 9.17) is 5.73 Å². The van der Waals surface area contributed by atoms with Gasteiger partial charge in [0.15, 0.2) is 0 Å². The van der Waals surface area contributed by atoms with E-state index in [1.807, 2.05) is 6.92 Å². The molecular formula is C10H21ClN2O. The Balaban J connectivity index is 0.00000169. The van der Waals surface area contributed by atoms with Crippen LogP contribution < -0.4 is 11.1 Å². The van der Waals surface area contributed by atoms with Gasteiger partial charge in [-0.1, -0.05) is 26.2 Å². The highest BCUT2D eigenvalue weighted by Gasteiger charge is 2.18. The SMILES string of the molecule is CC[C@@H](N)C(=O)NC1CCCCC1.Cl. The van der Waals surface area contributed by atoms with Gasteiger partial charge in [-0.25, -0.2) is 0 Å². The first-order valence-corrected chi connectivity index (χ1v) is 5.30. The van der Waals surface area contributed by atoms with E-state index in [1.54, 1.807) is 0 Å². The van der Waals surface area contributed by atoms with Crippen LogP contribution in [0.5, 0.6) is 0 Å². The monoisotopic (exact) mass is 220 g/mol. The summed E-state index contributed by atoms with van der Waals surface area (Å²) >= 11 is 0. The van der Waals surface area contributed by atoms with Crippen molar-refractivity contribution >= 4 is 18.3 Å². The fourth-order valence-corrected chi connectivity index (χ4v) is 1.74. The fraction of sp³-hybridized carbons (Fsp3) is 0.900. The molecule has 1 atom stereocenters. The van der Waals surface area contributed by atoms with Crippen molar-refractivity contribution in [2.24, 2.45) is 5.73 Å². The summed E-state index contributed by atoms with van der Waals surface area (Å²) in [6.07, 6.45) is 6.77. The summed E-state index contributed by atoms with van der Waals surface area (Å²) in [7, 11) is 0. The Morgan fingerprint density at radius 3 is 2.50 bits per heavy atom. The average molecular weight is 221 g/mol. The molecule has 4 heteroatoms. The minimum absolute atomic E-state index is 0. The number of carbonyl (C=O) groups excluding carboxylic acids is 1. The van der Waals surface area contributed by atoms with Crippen LogP contribution in [0.15, 0.2) is 0 Å². The van der Waals surface area contributed by atoms with E-state index < -0.39 is 0 Å². The summed E-state index contributed by atoms with van der Waals surface area (Å²) < 4.78 is 0. The summed E-state index contributed by atoms with van der Waals surface area (Å²) in [6, 6.07) is 0.0702. The van der Waals surface area contributed by atoms with Crippen molar-refractivity contribution < 1.29 is 4.79 Å². The van der Waals surface area contributed by atoms with Gasteiger partial charge in [0, 0.05) is 6.04 Å². The van der Waals surface area contributed by atoms with E-state index in [1.165, 1.54) is 19.3 Å². The topological polar surface area (TPSA) is 55.1 Å². The maximum absolute atomic E-state index is 11.4. The molecule has 1 fully saturated rings. The van der Waals surface area contributed by atoms with E-state index in [-0.39, 0.29) is 24.4 Å². The molecule has 0 unspecified atom stereocenters. The first kappa shape index (κ1) is 13.7. The van der Waals surface area contributed by atoms with Gasteiger partial charge in [-0.2, -0.15) is 0 Å². The summed E-state index contributed by atoms with van der Waals surface area (Å²) in [4.78, 5) is 11.4. The van der Waals surface area contributed by atoms with Crippen LogP contribution in [0.25, 0.3) is 0 Å². The number of nitrogens with two attached hydrogens (primary N) is 1. The standard InChI is InChI=1S/C10H20N2O.ClH/c1-2-9(11)10(13)12-8-6-4-3-5-7-8;/h8-9H,2-7,11H2,1H3,(H,12,13);1H/t9-;/m1./s1. The number of amides is 1. The van der Waals surface area contributed by atoms with Gasteiger partial charge >= 0.3 is 0 Å². The molecule has 0 aromatic heterocycles. The summed E-state index contributed by atoms with van der Waals surface area (Å²) in [6.45, 7) is 1.94. The van der Waals surface area contributed by atoms with Crippen molar-refractivity contribution in [3.05, 3.63) is 0 Å². The number of carbonyl (C=O) groups is 1. The molecular weight excluding hydrogens is 200 g/mol. The predicted octanol–water partition coefficient (Wildman–Crippen LogP) is 1.59. The molecule has 3 nitrogen and oxygen atoms in total. The Hall–Kier alpha value is -0.280. The Labute approximate surface area is 92.2 Å². The van der Waals surface area contributed by atoms with Gasteiger partial charge in [0.25, 0.3) is 0 Å². The van der Waals surface area contributed by atoms with Gasteiger partial charge in [-0.15, -0.1) is 12.4 Å². The van der Waals surface area contributed by atoms with Crippen molar-refractivity contribution in [1.29, 1.82) is 0 Å². The van der Waals surface area contributed by atoms with E-state index in [2.05, 4.69) is 5.32 Å². The van der Waals surface area contributed by atoms with E-state index in [0.29, 0.717) is 6.04 Å². The molecule has 0 heterocycles. The van der Waals surface area contributed by atoms with Crippen molar-refractivity contribution in [1.82, 2.24) is 5.32 Å². The molecule has 0 aliphatic heterocycles. The van der Waals surface area contributed by atoms with Crippen LogP contribution in [-0.4, -0.2) is 18.0 Å². The van der Waals surface area contributed by atoms with E-state index in [9.17, 15) is 4.79 Å². The number of rotatable bonds is 3. The van der Waals surface area contributed by atoms with Gasteiger partial charge in [0.2, 0.25) is 5.91 Å². The first-order chi connectivity index (χ1) is 6.24. The second kappa shape index (κ2) is 7.07. The maximum Gasteiger partial charge on any atom is 0.237 e. The van der Waals surface area contributed by atoms with E-state index >= 15 is 0 Å². The minimum atomic E-state index is -0.318. The number of hydrogen-bond acceptors (Lipinski definition) is 2. The van der Waals surface area contributed by atoms with Crippen LogP contribution in [-0.2, 0) is 4.79 Å². The van der Waals surface area contributed by atoms with Crippen molar-refractivity contribution in [2.45, 2.75) is 57.5 Å². The van der Waals surface area contributed by atoms with Crippen LogP contribution in [0, 0.1) is 0 Å². The molecule has 0 spiro atoms. The zero-order valence-corrected chi connectivity index (χ0v) is 9.61. The number of halogens is 1. The Bertz CT molecular complexity index is 170. The molecule has 84 valence electrons. The quantitative estimate of drug-likeness (QED) is 0.759. The highest BCUT2D eigenvalue weighted by molar-refractivity contribution is 5.85. The zero-order chi connectivity index (χ0) is 9.68. The molecule has 0 aromatic rings. The smallest absolute Gasteiger partial charge is 0.237 e. The highest BCUT2D eigenvalue weighted by atomic mass is 35.5. The Kier molecular flexibility index (Phi) is 6.93.